The molecule has 2 fully saturated rings. The predicted molar refractivity (Wildman–Crippen MR) is 82.6 cm³/mol. The standard InChI is InChI=1S/C13H26N2O3S.ClH/c1-13(2)10-15(7-6-12(13)14)19(16,17)9-11-5-3-4-8-18-11;/h11-12H,3-10,14H2,1-2H3;1H. The molecule has 0 radical (unpaired) electrons. The maximum Gasteiger partial charge on any atom is 0.216 e. The minimum atomic E-state index is -3.22. The molecule has 2 rings (SSSR count). The molecule has 0 aromatic heterocycles. The maximum atomic E-state index is 12.5. The van der Waals surface area contributed by atoms with Gasteiger partial charge in [0.1, 0.15) is 0 Å². The SMILES string of the molecule is CC1(C)CN(S(=O)(=O)CC2CCCCO2)CCC1N.Cl. The molecule has 0 aromatic rings. The van der Waals surface area contributed by atoms with Crippen molar-refractivity contribution in [2.75, 3.05) is 25.4 Å². The van der Waals surface area contributed by atoms with E-state index < -0.39 is 10.0 Å². The zero-order valence-corrected chi connectivity index (χ0v) is 14.0. The fourth-order valence-corrected chi connectivity index (χ4v) is 4.70. The van der Waals surface area contributed by atoms with Crippen LogP contribution in [0.1, 0.15) is 39.5 Å². The number of hydrogen-bond acceptors (Lipinski definition) is 4. The highest BCUT2D eigenvalue weighted by atomic mass is 35.5. The molecular weight excluding hydrogens is 300 g/mol. The summed E-state index contributed by atoms with van der Waals surface area (Å²) in [5, 5.41) is 0. The van der Waals surface area contributed by atoms with Gasteiger partial charge in [-0.3, -0.25) is 0 Å². The van der Waals surface area contributed by atoms with Crippen molar-refractivity contribution in [2.24, 2.45) is 11.1 Å². The highest BCUT2D eigenvalue weighted by molar-refractivity contribution is 7.89. The van der Waals surface area contributed by atoms with Crippen LogP contribution in [-0.4, -0.2) is 50.3 Å². The summed E-state index contributed by atoms with van der Waals surface area (Å²) in [5.74, 6) is 0.123. The van der Waals surface area contributed by atoms with Crippen molar-refractivity contribution in [3.05, 3.63) is 0 Å². The Labute approximate surface area is 128 Å². The minimum Gasteiger partial charge on any atom is -0.377 e. The maximum absolute atomic E-state index is 12.5. The van der Waals surface area contributed by atoms with Gasteiger partial charge in [-0.1, -0.05) is 13.8 Å². The van der Waals surface area contributed by atoms with E-state index in [1.165, 1.54) is 0 Å². The van der Waals surface area contributed by atoms with Gasteiger partial charge in [0.05, 0.1) is 11.9 Å². The molecule has 2 unspecified atom stereocenters. The van der Waals surface area contributed by atoms with Crippen LogP contribution in [0.4, 0.5) is 0 Å². The number of ether oxygens (including phenoxy) is 1. The molecule has 20 heavy (non-hydrogen) atoms. The van der Waals surface area contributed by atoms with Crippen LogP contribution in [0.3, 0.4) is 0 Å². The number of nitrogens with zero attached hydrogens (tertiary/aromatic N) is 1. The lowest BCUT2D eigenvalue weighted by molar-refractivity contribution is 0.0294. The van der Waals surface area contributed by atoms with Gasteiger partial charge in [0.2, 0.25) is 10.0 Å². The number of nitrogens with two attached hydrogens (primary N) is 1. The van der Waals surface area contributed by atoms with Crippen molar-refractivity contribution in [1.82, 2.24) is 4.31 Å². The topological polar surface area (TPSA) is 72.6 Å². The van der Waals surface area contributed by atoms with Gasteiger partial charge in [-0.15, -0.1) is 12.4 Å². The van der Waals surface area contributed by atoms with Crippen LogP contribution in [-0.2, 0) is 14.8 Å². The molecule has 0 aliphatic carbocycles. The Hall–Kier alpha value is 0.120. The molecular formula is C13H27ClN2O3S. The van der Waals surface area contributed by atoms with Crippen LogP contribution < -0.4 is 5.73 Å². The predicted octanol–water partition coefficient (Wildman–Crippen LogP) is 1.37. The smallest absolute Gasteiger partial charge is 0.216 e. The summed E-state index contributed by atoms with van der Waals surface area (Å²) < 4.78 is 32.1. The number of rotatable bonds is 3. The third kappa shape index (κ3) is 4.31. The molecule has 0 aromatic carbocycles. The van der Waals surface area contributed by atoms with E-state index in [9.17, 15) is 8.42 Å². The van der Waals surface area contributed by atoms with Gasteiger partial charge in [-0.05, 0) is 31.1 Å². The quantitative estimate of drug-likeness (QED) is 0.850. The van der Waals surface area contributed by atoms with E-state index in [2.05, 4.69) is 0 Å². The van der Waals surface area contributed by atoms with Crippen molar-refractivity contribution in [3.63, 3.8) is 0 Å². The van der Waals surface area contributed by atoms with E-state index in [1.807, 2.05) is 13.8 Å². The second kappa shape index (κ2) is 6.92. The number of halogens is 1. The van der Waals surface area contributed by atoms with E-state index in [-0.39, 0.29) is 35.7 Å². The molecule has 2 atom stereocenters. The largest absolute Gasteiger partial charge is 0.377 e. The van der Waals surface area contributed by atoms with E-state index in [0.717, 1.165) is 25.7 Å². The number of piperidine rings is 1. The first kappa shape index (κ1) is 18.2. The summed E-state index contributed by atoms with van der Waals surface area (Å²) in [4.78, 5) is 0. The molecule has 2 N–H and O–H groups in total. The fraction of sp³-hybridized carbons (Fsp3) is 1.00. The Morgan fingerprint density at radius 1 is 1.30 bits per heavy atom. The van der Waals surface area contributed by atoms with E-state index >= 15 is 0 Å². The first-order valence-electron chi connectivity index (χ1n) is 7.16. The first-order valence-corrected chi connectivity index (χ1v) is 8.77. The summed E-state index contributed by atoms with van der Waals surface area (Å²) in [6.45, 7) is 5.83. The highest BCUT2D eigenvalue weighted by Crippen LogP contribution is 2.30. The van der Waals surface area contributed by atoms with Crippen LogP contribution >= 0.6 is 12.4 Å². The molecule has 2 aliphatic heterocycles. The number of sulfonamides is 1. The van der Waals surface area contributed by atoms with Gasteiger partial charge in [-0.2, -0.15) is 0 Å². The van der Waals surface area contributed by atoms with E-state index in [1.54, 1.807) is 4.31 Å². The van der Waals surface area contributed by atoms with Crippen LogP contribution in [0.2, 0.25) is 0 Å². The number of hydrogen-bond donors (Lipinski definition) is 1. The Balaban J connectivity index is 0.00000200. The molecule has 0 bridgehead atoms. The lowest BCUT2D eigenvalue weighted by atomic mass is 9.81. The second-order valence-corrected chi connectivity index (χ2v) is 8.50. The first-order chi connectivity index (χ1) is 8.81. The summed E-state index contributed by atoms with van der Waals surface area (Å²) in [7, 11) is -3.22. The average Bonchev–Trinajstić information content (AvgIpc) is 2.33. The molecule has 0 amide bonds. The third-order valence-corrected chi connectivity index (χ3v) is 6.23. The molecule has 2 aliphatic rings. The van der Waals surface area contributed by atoms with Crippen LogP contribution in [0, 0.1) is 5.41 Å². The summed E-state index contributed by atoms with van der Waals surface area (Å²) in [6, 6.07) is 0.0740. The van der Waals surface area contributed by atoms with E-state index in [4.69, 9.17) is 10.5 Å². The Morgan fingerprint density at radius 2 is 2.00 bits per heavy atom. The van der Waals surface area contributed by atoms with Crippen LogP contribution in [0.5, 0.6) is 0 Å². The summed E-state index contributed by atoms with van der Waals surface area (Å²) in [6.07, 6.45) is 3.57. The van der Waals surface area contributed by atoms with Crippen molar-refractivity contribution >= 4 is 22.4 Å². The average molecular weight is 327 g/mol. The van der Waals surface area contributed by atoms with Gasteiger partial charge >= 0.3 is 0 Å². The third-order valence-electron chi connectivity index (χ3n) is 4.34. The normalized spacial score (nSPS) is 31.6. The lowest BCUT2D eigenvalue weighted by Gasteiger charge is -2.42. The zero-order valence-electron chi connectivity index (χ0n) is 12.4. The zero-order chi connectivity index (χ0) is 14.1. The second-order valence-electron chi connectivity index (χ2n) is 6.48. The van der Waals surface area contributed by atoms with Gasteiger partial charge in [0.15, 0.2) is 0 Å². The van der Waals surface area contributed by atoms with Gasteiger partial charge in [-0.25, -0.2) is 12.7 Å². The summed E-state index contributed by atoms with van der Waals surface area (Å²) in [5.41, 5.74) is 5.90. The van der Waals surface area contributed by atoms with Crippen molar-refractivity contribution in [3.8, 4) is 0 Å². The molecule has 0 saturated carbocycles. The van der Waals surface area contributed by atoms with Crippen molar-refractivity contribution in [2.45, 2.75) is 51.7 Å². The van der Waals surface area contributed by atoms with Gasteiger partial charge in [0, 0.05) is 25.7 Å². The summed E-state index contributed by atoms with van der Waals surface area (Å²) >= 11 is 0. The molecule has 5 nitrogen and oxygen atoms in total. The Kier molecular flexibility index (Phi) is 6.29. The highest BCUT2D eigenvalue weighted by Gasteiger charge is 2.39. The fourth-order valence-electron chi connectivity index (χ4n) is 2.84. The Bertz CT molecular complexity index is 408. The van der Waals surface area contributed by atoms with Crippen LogP contribution in [0.15, 0.2) is 0 Å². The molecule has 2 saturated heterocycles. The van der Waals surface area contributed by atoms with Crippen molar-refractivity contribution in [1.29, 1.82) is 0 Å². The molecule has 7 heteroatoms. The molecule has 0 spiro atoms. The Morgan fingerprint density at radius 3 is 2.55 bits per heavy atom. The van der Waals surface area contributed by atoms with Crippen LogP contribution in [0.25, 0.3) is 0 Å². The van der Waals surface area contributed by atoms with Gasteiger partial charge < -0.3 is 10.5 Å². The molecule has 2 heterocycles. The van der Waals surface area contributed by atoms with E-state index in [0.29, 0.717) is 19.7 Å². The monoisotopic (exact) mass is 326 g/mol. The van der Waals surface area contributed by atoms with Gasteiger partial charge in [0.25, 0.3) is 0 Å². The lowest BCUT2D eigenvalue weighted by Crippen LogP contribution is -2.55. The molecule has 120 valence electrons. The van der Waals surface area contributed by atoms with Crippen molar-refractivity contribution < 1.29 is 13.2 Å². The minimum absolute atomic E-state index is 0.